The minimum absolute atomic E-state index is 0.0476. The highest BCUT2D eigenvalue weighted by molar-refractivity contribution is 5.22. The van der Waals surface area contributed by atoms with Gasteiger partial charge in [-0.25, -0.2) is 0 Å². The molecular formula is C24H24O2. The Hall–Kier alpha value is -2.42. The second-order valence-electron chi connectivity index (χ2n) is 7.19. The summed E-state index contributed by atoms with van der Waals surface area (Å²) < 4.78 is 12.4. The van der Waals surface area contributed by atoms with E-state index < -0.39 is 0 Å². The average molecular weight is 344 g/mol. The van der Waals surface area contributed by atoms with Crippen molar-refractivity contribution in [2.45, 2.75) is 19.1 Å². The Morgan fingerprint density at radius 1 is 0.615 bits per heavy atom. The fourth-order valence-corrected chi connectivity index (χ4v) is 3.72. The van der Waals surface area contributed by atoms with E-state index in [1.807, 2.05) is 18.2 Å². The van der Waals surface area contributed by atoms with E-state index in [0.29, 0.717) is 13.2 Å². The molecule has 0 aliphatic carbocycles. The summed E-state index contributed by atoms with van der Waals surface area (Å²) in [5.41, 5.74) is 3.69. The zero-order valence-corrected chi connectivity index (χ0v) is 14.9. The van der Waals surface area contributed by atoms with E-state index in [2.05, 4.69) is 72.8 Å². The normalized spacial score (nSPS) is 17.1. The van der Waals surface area contributed by atoms with Crippen LogP contribution in [0.5, 0.6) is 0 Å². The third kappa shape index (κ3) is 4.04. The Bertz CT molecular complexity index is 748. The van der Waals surface area contributed by atoms with Crippen molar-refractivity contribution in [3.05, 3.63) is 108 Å². The first-order valence-corrected chi connectivity index (χ1v) is 9.19. The van der Waals surface area contributed by atoms with Gasteiger partial charge in [0.1, 0.15) is 0 Å². The highest BCUT2D eigenvalue weighted by atomic mass is 16.7. The number of ether oxygens (including phenoxy) is 2. The van der Waals surface area contributed by atoms with E-state index in [1.165, 1.54) is 11.1 Å². The molecular weight excluding hydrogens is 320 g/mol. The highest BCUT2D eigenvalue weighted by Crippen LogP contribution is 2.37. The van der Waals surface area contributed by atoms with Gasteiger partial charge in [-0.2, -0.15) is 0 Å². The van der Waals surface area contributed by atoms with Crippen molar-refractivity contribution in [3.8, 4) is 0 Å². The van der Waals surface area contributed by atoms with Crippen LogP contribution < -0.4 is 0 Å². The number of hydrogen-bond acceptors (Lipinski definition) is 2. The van der Waals surface area contributed by atoms with Crippen molar-refractivity contribution in [2.24, 2.45) is 5.41 Å². The molecule has 26 heavy (non-hydrogen) atoms. The summed E-state index contributed by atoms with van der Waals surface area (Å²) in [4.78, 5) is 0. The maximum atomic E-state index is 6.20. The molecule has 1 heterocycles. The van der Waals surface area contributed by atoms with E-state index in [9.17, 15) is 0 Å². The quantitative estimate of drug-likeness (QED) is 0.633. The van der Waals surface area contributed by atoms with Gasteiger partial charge >= 0.3 is 0 Å². The average Bonchev–Trinajstić information content (AvgIpc) is 2.71. The van der Waals surface area contributed by atoms with Crippen molar-refractivity contribution in [2.75, 3.05) is 13.2 Å². The first kappa shape index (κ1) is 17.0. The van der Waals surface area contributed by atoms with Crippen molar-refractivity contribution < 1.29 is 9.47 Å². The highest BCUT2D eigenvalue weighted by Gasteiger charge is 2.37. The molecule has 0 N–H and O–H groups in total. The lowest BCUT2D eigenvalue weighted by Crippen LogP contribution is -2.42. The van der Waals surface area contributed by atoms with Crippen LogP contribution in [0, 0.1) is 5.41 Å². The third-order valence-corrected chi connectivity index (χ3v) is 5.00. The van der Waals surface area contributed by atoms with Crippen LogP contribution in [0.2, 0.25) is 0 Å². The Morgan fingerprint density at radius 2 is 1.04 bits per heavy atom. The zero-order chi connectivity index (χ0) is 17.7. The van der Waals surface area contributed by atoms with Crippen LogP contribution in [0.15, 0.2) is 91.0 Å². The molecule has 0 spiro atoms. The summed E-state index contributed by atoms with van der Waals surface area (Å²) in [6.07, 6.45) is 1.63. The lowest BCUT2D eigenvalue weighted by atomic mass is 9.77. The minimum Gasteiger partial charge on any atom is -0.348 e. The molecule has 2 nitrogen and oxygen atoms in total. The van der Waals surface area contributed by atoms with Crippen LogP contribution in [0.3, 0.4) is 0 Å². The van der Waals surface area contributed by atoms with Gasteiger partial charge in [-0.1, -0.05) is 91.0 Å². The molecule has 0 saturated carbocycles. The molecule has 0 bridgehead atoms. The van der Waals surface area contributed by atoms with E-state index >= 15 is 0 Å². The topological polar surface area (TPSA) is 18.5 Å². The lowest BCUT2D eigenvalue weighted by Gasteiger charge is -2.40. The SMILES string of the molecule is c1ccc(CC2(Cc3ccccc3)COC(c3ccccc3)OC2)cc1. The van der Waals surface area contributed by atoms with E-state index in [0.717, 1.165) is 18.4 Å². The maximum absolute atomic E-state index is 6.20. The summed E-state index contributed by atoms with van der Waals surface area (Å²) in [5.74, 6) is 0. The predicted octanol–water partition coefficient (Wildman–Crippen LogP) is 5.20. The number of hydrogen-bond donors (Lipinski definition) is 0. The molecule has 1 fully saturated rings. The van der Waals surface area contributed by atoms with Gasteiger partial charge in [-0.15, -0.1) is 0 Å². The summed E-state index contributed by atoms with van der Waals surface area (Å²) in [7, 11) is 0. The molecule has 1 aliphatic heterocycles. The Labute approximate surface area is 155 Å². The summed E-state index contributed by atoms with van der Waals surface area (Å²) >= 11 is 0. The molecule has 0 radical (unpaired) electrons. The lowest BCUT2D eigenvalue weighted by molar-refractivity contribution is -0.234. The van der Waals surface area contributed by atoms with Crippen molar-refractivity contribution in [1.82, 2.24) is 0 Å². The molecule has 3 aromatic rings. The Balaban J connectivity index is 1.54. The smallest absolute Gasteiger partial charge is 0.183 e. The molecule has 1 saturated heterocycles. The Kier molecular flexibility index (Phi) is 5.14. The molecule has 0 unspecified atom stereocenters. The molecule has 132 valence electrons. The molecule has 0 amide bonds. The van der Waals surface area contributed by atoms with Crippen LogP contribution in [0.25, 0.3) is 0 Å². The van der Waals surface area contributed by atoms with Gasteiger partial charge in [0.2, 0.25) is 0 Å². The summed E-state index contributed by atoms with van der Waals surface area (Å²) in [5, 5.41) is 0. The first-order valence-electron chi connectivity index (χ1n) is 9.19. The predicted molar refractivity (Wildman–Crippen MR) is 104 cm³/mol. The van der Waals surface area contributed by atoms with Gasteiger partial charge in [-0.05, 0) is 24.0 Å². The standard InChI is InChI=1S/C24H24O2/c1-4-10-20(11-5-1)16-24(17-21-12-6-2-7-13-21)18-25-23(26-19-24)22-14-8-3-9-15-22/h1-15,23H,16-19H2. The van der Waals surface area contributed by atoms with E-state index in [4.69, 9.17) is 9.47 Å². The summed E-state index contributed by atoms with van der Waals surface area (Å²) in [6, 6.07) is 31.5. The van der Waals surface area contributed by atoms with Crippen LogP contribution in [0.4, 0.5) is 0 Å². The van der Waals surface area contributed by atoms with Gasteiger partial charge in [0.05, 0.1) is 13.2 Å². The van der Waals surface area contributed by atoms with Crippen molar-refractivity contribution in [1.29, 1.82) is 0 Å². The molecule has 0 atom stereocenters. The van der Waals surface area contributed by atoms with Crippen molar-refractivity contribution >= 4 is 0 Å². The monoisotopic (exact) mass is 344 g/mol. The third-order valence-electron chi connectivity index (χ3n) is 5.00. The van der Waals surface area contributed by atoms with Crippen LogP contribution >= 0.6 is 0 Å². The van der Waals surface area contributed by atoms with Crippen LogP contribution in [0.1, 0.15) is 23.0 Å². The summed E-state index contributed by atoms with van der Waals surface area (Å²) in [6.45, 7) is 1.38. The molecule has 2 heteroatoms. The number of rotatable bonds is 5. The minimum atomic E-state index is -0.268. The molecule has 0 aromatic heterocycles. The van der Waals surface area contributed by atoms with Gasteiger partial charge in [0.15, 0.2) is 6.29 Å². The van der Waals surface area contributed by atoms with Gasteiger partial charge in [0, 0.05) is 11.0 Å². The van der Waals surface area contributed by atoms with Gasteiger partial charge < -0.3 is 9.47 Å². The molecule has 4 rings (SSSR count). The largest absolute Gasteiger partial charge is 0.348 e. The Morgan fingerprint density at radius 3 is 1.50 bits per heavy atom. The first-order chi connectivity index (χ1) is 12.8. The van der Waals surface area contributed by atoms with Crippen LogP contribution in [-0.2, 0) is 22.3 Å². The van der Waals surface area contributed by atoms with Crippen LogP contribution in [-0.4, -0.2) is 13.2 Å². The van der Waals surface area contributed by atoms with E-state index in [-0.39, 0.29) is 11.7 Å². The van der Waals surface area contributed by atoms with Gasteiger partial charge in [0.25, 0.3) is 0 Å². The molecule has 1 aliphatic rings. The van der Waals surface area contributed by atoms with Crippen molar-refractivity contribution in [3.63, 3.8) is 0 Å². The fraction of sp³-hybridized carbons (Fsp3) is 0.250. The molecule has 3 aromatic carbocycles. The number of benzene rings is 3. The fourth-order valence-electron chi connectivity index (χ4n) is 3.72. The second-order valence-corrected chi connectivity index (χ2v) is 7.19. The maximum Gasteiger partial charge on any atom is 0.183 e. The van der Waals surface area contributed by atoms with E-state index in [1.54, 1.807) is 0 Å². The van der Waals surface area contributed by atoms with Gasteiger partial charge in [-0.3, -0.25) is 0 Å². The second kappa shape index (κ2) is 7.86. The zero-order valence-electron chi connectivity index (χ0n) is 14.9.